The number of oxime groups is 1. The van der Waals surface area contributed by atoms with Gasteiger partial charge in [0.05, 0.1) is 0 Å². The fourth-order valence-corrected chi connectivity index (χ4v) is 2.04. The number of nitrogens with zero attached hydrogens (tertiary/aromatic N) is 2. The maximum atomic E-state index is 12.1. The van der Waals surface area contributed by atoms with Crippen molar-refractivity contribution in [3.8, 4) is 0 Å². The van der Waals surface area contributed by atoms with E-state index in [0.29, 0.717) is 5.71 Å². The van der Waals surface area contributed by atoms with Crippen LogP contribution in [-0.2, 0) is 0 Å². The highest BCUT2D eigenvalue weighted by atomic mass is 16.5. The Morgan fingerprint density at radius 3 is 2.27 bits per heavy atom. The zero-order chi connectivity index (χ0) is 15.8. The minimum absolute atomic E-state index is 0.333. The van der Waals surface area contributed by atoms with Crippen molar-refractivity contribution in [1.82, 2.24) is 0 Å². The molecule has 0 heterocycles. The summed E-state index contributed by atoms with van der Waals surface area (Å²) in [5, 5.41) is 24.6. The molecule has 4 heteroatoms. The fourth-order valence-electron chi connectivity index (χ4n) is 2.04. The number of rotatable bonds is 5. The van der Waals surface area contributed by atoms with Gasteiger partial charge in [-0.3, -0.25) is 0 Å². The van der Waals surface area contributed by atoms with Crippen molar-refractivity contribution < 1.29 is 9.95 Å². The molecule has 0 aliphatic carbocycles. The third-order valence-electron chi connectivity index (χ3n) is 3.28. The molecule has 22 heavy (non-hydrogen) atoms. The van der Waals surface area contributed by atoms with Gasteiger partial charge in [0, 0.05) is 18.6 Å². The number of hydrogen-bond acceptors (Lipinski definition) is 3. The van der Waals surface area contributed by atoms with E-state index < -0.39 is 6.04 Å². The lowest BCUT2D eigenvalue weighted by Gasteiger charge is -2.13. The SMILES string of the molecule is C[C@@H](/C(=N\O)c1ccccc1)/[N+]([O-])=C/C=C/c1ccccc1. The Hall–Kier alpha value is -2.88. The molecule has 0 aliphatic rings. The van der Waals surface area contributed by atoms with Gasteiger partial charge < -0.3 is 10.4 Å². The van der Waals surface area contributed by atoms with Crippen LogP contribution in [0.2, 0.25) is 0 Å². The predicted octanol–water partition coefficient (Wildman–Crippen LogP) is 3.55. The second-order valence-electron chi connectivity index (χ2n) is 4.81. The summed E-state index contributed by atoms with van der Waals surface area (Å²) in [5.74, 6) is 0. The third-order valence-corrected chi connectivity index (χ3v) is 3.28. The average molecular weight is 294 g/mol. The van der Waals surface area contributed by atoms with E-state index in [0.717, 1.165) is 15.9 Å². The Labute approximate surface area is 129 Å². The number of hydrogen-bond donors (Lipinski definition) is 1. The predicted molar refractivity (Wildman–Crippen MR) is 89.4 cm³/mol. The van der Waals surface area contributed by atoms with Gasteiger partial charge in [0.25, 0.3) is 0 Å². The van der Waals surface area contributed by atoms with Crippen molar-refractivity contribution in [1.29, 1.82) is 0 Å². The Morgan fingerprint density at radius 1 is 1.09 bits per heavy atom. The van der Waals surface area contributed by atoms with E-state index in [2.05, 4.69) is 5.16 Å². The van der Waals surface area contributed by atoms with Crippen LogP contribution in [0.1, 0.15) is 18.1 Å². The van der Waals surface area contributed by atoms with Crippen molar-refractivity contribution in [3.63, 3.8) is 0 Å². The lowest BCUT2D eigenvalue weighted by atomic mass is 10.1. The highest BCUT2D eigenvalue weighted by Crippen LogP contribution is 2.07. The summed E-state index contributed by atoms with van der Waals surface area (Å²) in [7, 11) is 0. The molecule has 0 amide bonds. The molecule has 0 fully saturated rings. The Bertz CT molecular complexity index is 677. The second kappa shape index (κ2) is 7.78. The van der Waals surface area contributed by atoms with Crippen LogP contribution in [0.15, 0.2) is 71.9 Å². The van der Waals surface area contributed by atoms with Gasteiger partial charge in [-0.05, 0) is 11.6 Å². The minimum Gasteiger partial charge on any atom is -0.623 e. The molecular weight excluding hydrogens is 276 g/mol. The number of hydroxylamine groups is 1. The van der Waals surface area contributed by atoms with E-state index in [9.17, 15) is 10.4 Å². The van der Waals surface area contributed by atoms with Crippen LogP contribution in [0, 0.1) is 5.21 Å². The monoisotopic (exact) mass is 294 g/mol. The van der Waals surface area contributed by atoms with Crippen molar-refractivity contribution in [2.45, 2.75) is 13.0 Å². The highest BCUT2D eigenvalue weighted by molar-refractivity contribution is 6.03. The van der Waals surface area contributed by atoms with Crippen LogP contribution < -0.4 is 0 Å². The van der Waals surface area contributed by atoms with Crippen LogP contribution in [0.3, 0.4) is 0 Å². The normalized spacial score (nSPS) is 14.2. The zero-order valence-electron chi connectivity index (χ0n) is 12.3. The Balaban J connectivity index is 2.12. The number of allylic oxidation sites excluding steroid dienone is 1. The maximum absolute atomic E-state index is 12.1. The minimum atomic E-state index is -0.590. The lowest BCUT2D eigenvalue weighted by molar-refractivity contribution is -0.471. The Kier molecular flexibility index (Phi) is 5.49. The molecule has 112 valence electrons. The van der Waals surface area contributed by atoms with Gasteiger partial charge in [0.2, 0.25) is 6.04 Å². The molecule has 4 nitrogen and oxygen atoms in total. The zero-order valence-corrected chi connectivity index (χ0v) is 12.3. The summed E-state index contributed by atoms with van der Waals surface area (Å²) in [5.41, 5.74) is 2.07. The molecule has 0 aliphatic heterocycles. The average Bonchev–Trinajstić information content (AvgIpc) is 2.57. The summed E-state index contributed by atoms with van der Waals surface area (Å²) < 4.78 is 0.765. The van der Waals surface area contributed by atoms with Crippen molar-refractivity contribution in [3.05, 3.63) is 83.1 Å². The first kappa shape index (κ1) is 15.5. The van der Waals surface area contributed by atoms with Crippen molar-refractivity contribution in [2.24, 2.45) is 5.16 Å². The van der Waals surface area contributed by atoms with Gasteiger partial charge in [-0.15, -0.1) is 0 Å². The molecule has 0 aromatic heterocycles. The molecule has 0 spiro atoms. The molecule has 2 aromatic carbocycles. The largest absolute Gasteiger partial charge is 0.623 e. The smallest absolute Gasteiger partial charge is 0.206 e. The summed E-state index contributed by atoms with van der Waals surface area (Å²) >= 11 is 0. The van der Waals surface area contributed by atoms with Crippen LogP contribution in [-0.4, -0.2) is 27.9 Å². The van der Waals surface area contributed by atoms with Gasteiger partial charge in [-0.25, -0.2) is 4.74 Å². The van der Waals surface area contributed by atoms with Crippen molar-refractivity contribution in [2.75, 3.05) is 0 Å². The van der Waals surface area contributed by atoms with Gasteiger partial charge in [-0.1, -0.05) is 65.8 Å². The molecule has 1 N–H and O–H groups in total. The van der Waals surface area contributed by atoms with E-state index in [1.807, 2.05) is 54.6 Å². The molecular formula is C18H18N2O2. The fraction of sp³-hybridized carbons (Fsp3) is 0.111. The third kappa shape index (κ3) is 4.06. The van der Waals surface area contributed by atoms with E-state index >= 15 is 0 Å². The molecule has 0 unspecified atom stereocenters. The van der Waals surface area contributed by atoms with E-state index in [4.69, 9.17) is 0 Å². The first-order chi connectivity index (χ1) is 10.7. The molecule has 0 bridgehead atoms. The van der Waals surface area contributed by atoms with E-state index in [1.54, 1.807) is 25.1 Å². The standard InChI is InChI=1S/C18H18N2O2/c1-15(18(19-21)17-12-6-3-7-13-17)20(22)14-8-11-16-9-4-2-5-10-16/h2-15,21H,1H3/b11-8+,19-18+,20-14-/t15-/m0/s1. The summed E-state index contributed by atoms with van der Waals surface area (Å²) in [6.45, 7) is 1.70. The van der Waals surface area contributed by atoms with Gasteiger partial charge in [0.15, 0.2) is 11.9 Å². The van der Waals surface area contributed by atoms with Crippen LogP contribution >= 0.6 is 0 Å². The van der Waals surface area contributed by atoms with Crippen LogP contribution in [0.25, 0.3) is 6.08 Å². The van der Waals surface area contributed by atoms with Crippen molar-refractivity contribution >= 4 is 18.0 Å². The molecule has 1 atom stereocenters. The Morgan fingerprint density at radius 2 is 1.68 bits per heavy atom. The van der Waals surface area contributed by atoms with Gasteiger partial charge in [-0.2, -0.15) is 0 Å². The molecule has 0 saturated carbocycles. The number of benzene rings is 2. The van der Waals surface area contributed by atoms with Gasteiger partial charge >= 0.3 is 0 Å². The maximum Gasteiger partial charge on any atom is 0.206 e. The lowest BCUT2D eigenvalue weighted by Crippen LogP contribution is -2.29. The van der Waals surface area contributed by atoms with E-state index in [-0.39, 0.29) is 0 Å². The van der Waals surface area contributed by atoms with Crippen LogP contribution in [0.5, 0.6) is 0 Å². The summed E-state index contributed by atoms with van der Waals surface area (Å²) in [6.07, 6.45) is 4.94. The topological polar surface area (TPSA) is 58.7 Å². The highest BCUT2D eigenvalue weighted by Gasteiger charge is 2.19. The molecule has 2 aromatic rings. The summed E-state index contributed by atoms with van der Waals surface area (Å²) in [4.78, 5) is 0. The molecule has 2 rings (SSSR count). The molecule has 0 radical (unpaired) electrons. The summed E-state index contributed by atoms with van der Waals surface area (Å²) in [6, 6.07) is 18.3. The van der Waals surface area contributed by atoms with Crippen LogP contribution in [0.4, 0.5) is 0 Å². The van der Waals surface area contributed by atoms with Gasteiger partial charge in [0.1, 0.15) is 0 Å². The first-order valence-electron chi connectivity index (χ1n) is 7.02. The quantitative estimate of drug-likeness (QED) is 0.301. The first-order valence-corrected chi connectivity index (χ1v) is 7.02. The molecule has 0 saturated heterocycles. The second-order valence-corrected chi connectivity index (χ2v) is 4.81. The van der Waals surface area contributed by atoms with E-state index in [1.165, 1.54) is 6.21 Å².